The van der Waals surface area contributed by atoms with Gasteiger partial charge in [0.15, 0.2) is 0 Å². The van der Waals surface area contributed by atoms with Crippen LogP contribution in [0.4, 0.5) is 0 Å². The molecule has 0 aliphatic rings. The van der Waals surface area contributed by atoms with Crippen molar-refractivity contribution >= 4 is 8.56 Å². The Bertz CT molecular complexity index is 330. The van der Waals surface area contributed by atoms with Crippen molar-refractivity contribution in [1.82, 2.24) is 4.98 Å². The summed E-state index contributed by atoms with van der Waals surface area (Å²) >= 11 is 0. The lowest BCUT2D eigenvalue weighted by molar-refractivity contribution is 0.106. The standard InChI is InChI=1S/C14H25NO2Si/c1-5-8-14(6-2)17-18(3,4)16-12-13-9-7-10-15-11-13/h7,9-11,14H,5-6,8,12H2,1-4H3. The highest BCUT2D eigenvalue weighted by atomic mass is 28.4. The maximum atomic E-state index is 6.15. The van der Waals surface area contributed by atoms with Gasteiger partial charge in [0.25, 0.3) is 0 Å². The van der Waals surface area contributed by atoms with E-state index < -0.39 is 8.56 Å². The van der Waals surface area contributed by atoms with Gasteiger partial charge in [0.2, 0.25) is 0 Å². The molecule has 0 radical (unpaired) electrons. The number of nitrogens with zero attached hydrogens (tertiary/aromatic N) is 1. The van der Waals surface area contributed by atoms with Crippen LogP contribution in [-0.4, -0.2) is 19.6 Å². The van der Waals surface area contributed by atoms with Crippen molar-refractivity contribution in [2.75, 3.05) is 0 Å². The van der Waals surface area contributed by atoms with E-state index in [1.165, 1.54) is 0 Å². The maximum Gasteiger partial charge on any atom is 0.332 e. The zero-order chi connectivity index (χ0) is 13.4. The molecular formula is C14H25NO2Si. The van der Waals surface area contributed by atoms with Crippen molar-refractivity contribution < 1.29 is 8.85 Å². The van der Waals surface area contributed by atoms with Crippen LogP contribution in [0.2, 0.25) is 13.1 Å². The fraction of sp³-hybridized carbons (Fsp3) is 0.643. The Morgan fingerprint density at radius 1 is 1.33 bits per heavy atom. The van der Waals surface area contributed by atoms with E-state index in [2.05, 4.69) is 31.9 Å². The van der Waals surface area contributed by atoms with Gasteiger partial charge in [-0.3, -0.25) is 4.98 Å². The van der Waals surface area contributed by atoms with E-state index in [-0.39, 0.29) is 0 Å². The van der Waals surface area contributed by atoms with Crippen molar-refractivity contribution in [2.45, 2.75) is 58.9 Å². The van der Waals surface area contributed by atoms with Gasteiger partial charge >= 0.3 is 8.56 Å². The molecule has 4 heteroatoms. The first-order valence-corrected chi connectivity index (χ1v) is 9.59. The number of pyridine rings is 1. The molecule has 0 saturated carbocycles. The normalized spacial score (nSPS) is 13.6. The lowest BCUT2D eigenvalue weighted by atomic mass is 10.2. The summed E-state index contributed by atoms with van der Waals surface area (Å²) in [6, 6.07) is 3.96. The Morgan fingerprint density at radius 2 is 2.11 bits per heavy atom. The van der Waals surface area contributed by atoms with Crippen LogP contribution >= 0.6 is 0 Å². The molecule has 0 aliphatic heterocycles. The Hall–Kier alpha value is -0.713. The van der Waals surface area contributed by atoms with Gasteiger partial charge in [-0.25, -0.2) is 0 Å². The highest BCUT2D eigenvalue weighted by Gasteiger charge is 2.27. The predicted octanol–water partition coefficient (Wildman–Crippen LogP) is 3.90. The summed E-state index contributed by atoms with van der Waals surface area (Å²) in [7, 11) is -2.04. The van der Waals surface area contributed by atoms with Gasteiger partial charge < -0.3 is 8.85 Å². The summed E-state index contributed by atoms with van der Waals surface area (Å²) in [6.45, 7) is 9.18. The maximum absolute atomic E-state index is 6.15. The first-order valence-electron chi connectivity index (χ1n) is 6.78. The van der Waals surface area contributed by atoms with Crippen LogP contribution in [0.25, 0.3) is 0 Å². The molecular weight excluding hydrogens is 242 g/mol. The smallest absolute Gasteiger partial charge is 0.332 e. The molecule has 0 aromatic carbocycles. The summed E-state index contributed by atoms with van der Waals surface area (Å²) in [5.41, 5.74) is 1.10. The lowest BCUT2D eigenvalue weighted by Crippen LogP contribution is -2.38. The fourth-order valence-corrected chi connectivity index (χ4v) is 3.51. The molecule has 1 rings (SSSR count). The third-order valence-electron chi connectivity index (χ3n) is 2.83. The molecule has 0 saturated heterocycles. The minimum absolute atomic E-state index is 0.338. The van der Waals surface area contributed by atoms with Gasteiger partial charge in [-0.2, -0.15) is 0 Å². The topological polar surface area (TPSA) is 31.4 Å². The zero-order valence-electron chi connectivity index (χ0n) is 12.0. The van der Waals surface area contributed by atoms with Gasteiger partial charge in [-0.15, -0.1) is 0 Å². The highest BCUT2D eigenvalue weighted by molar-refractivity contribution is 6.64. The Morgan fingerprint density at radius 3 is 2.67 bits per heavy atom. The Balaban J connectivity index is 2.43. The second kappa shape index (κ2) is 7.66. The van der Waals surface area contributed by atoms with Gasteiger partial charge in [-0.1, -0.05) is 26.3 Å². The third-order valence-corrected chi connectivity index (χ3v) is 4.57. The first-order chi connectivity index (χ1) is 8.57. The van der Waals surface area contributed by atoms with Crippen LogP contribution in [0.15, 0.2) is 24.5 Å². The largest absolute Gasteiger partial charge is 0.391 e. The van der Waals surface area contributed by atoms with Crippen LogP contribution in [0, 0.1) is 0 Å². The highest BCUT2D eigenvalue weighted by Crippen LogP contribution is 2.17. The van der Waals surface area contributed by atoms with E-state index in [4.69, 9.17) is 8.85 Å². The second-order valence-corrected chi connectivity index (χ2v) is 8.31. The SMILES string of the molecule is CCCC(CC)O[Si](C)(C)OCc1cccnc1. The summed E-state index contributed by atoms with van der Waals surface area (Å²) in [4.78, 5) is 4.09. The van der Waals surface area contributed by atoms with Gasteiger partial charge in [0, 0.05) is 18.5 Å². The molecule has 102 valence electrons. The Labute approximate surface area is 112 Å². The zero-order valence-corrected chi connectivity index (χ0v) is 13.0. The molecule has 1 heterocycles. The van der Waals surface area contributed by atoms with E-state index in [9.17, 15) is 0 Å². The van der Waals surface area contributed by atoms with Crippen LogP contribution in [0.1, 0.15) is 38.7 Å². The number of rotatable bonds is 8. The minimum Gasteiger partial charge on any atom is -0.391 e. The van der Waals surface area contributed by atoms with E-state index in [0.717, 1.165) is 24.8 Å². The molecule has 0 amide bonds. The molecule has 3 nitrogen and oxygen atoms in total. The van der Waals surface area contributed by atoms with Crippen molar-refractivity contribution in [3.8, 4) is 0 Å². The molecule has 1 atom stereocenters. The average molecular weight is 267 g/mol. The predicted molar refractivity (Wildman–Crippen MR) is 76.6 cm³/mol. The monoisotopic (exact) mass is 267 g/mol. The summed E-state index contributed by atoms with van der Waals surface area (Å²) < 4.78 is 12.1. The number of aromatic nitrogens is 1. The van der Waals surface area contributed by atoms with Crippen molar-refractivity contribution in [2.24, 2.45) is 0 Å². The lowest BCUT2D eigenvalue weighted by Gasteiger charge is -2.28. The Kier molecular flexibility index (Phi) is 6.53. The van der Waals surface area contributed by atoms with Gasteiger partial charge in [0.1, 0.15) is 0 Å². The number of hydrogen-bond acceptors (Lipinski definition) is 3. The molecule has 0 N–H and O–H groups in total. The van der Waals surface area contributed by atoms with Crippen LogP contribution < -0.4 is 0 Å². The van der Waals surface area contributed by atoms with E-state index >= 15 is 0 Å². The third kappa shape index (κ3) is 5.75. The van der Waals surface area contributed by atoms with Crippen molar-refractivity contribution in [3.63, 3.8) is 0 Å². The molecule has 1 unspecified atom stereocenters. The second-order valence-electron chi connectivity index (χ2n) is 4.99. The molecule has 18 heavy (non-hydrogen) atoms. The van der Waals surface area contributed by atoms with E-state index in [0.29, 0.717) is 12.7 Å². The summed E-state index contributed by atoms with van der Waals surface area (Å²) in [5.74, 6) is 0. The molecule has 0 aliphatic carbocycles. The number of hydrogen-bond donors (Lipinski definition) is 0. The minimum atomic E-state index is -2.04. The summed E-state index contributed by atoms with van der Waals surface area (Å²) in [5, 5.41) is 0. The molecule has 1 aromatic rings. The van der Waals surface area contributed by atoms with Crippen molar-refractivity contribution in [1.29, 1.82) is 0 Å². The van der Waals surface area contributed by atoms with E-state index in [1.807, 2.05) is 18.3 Å². The quantitative estimate of drug-likeness (QED) is 0.669. The van der Waals surface area contributed by atoms with Crippen LogP contribution in [-0.2, 0) is 15.5 Å². The molecule has 1 aromatic heterocycles. The molecule has 0 spiro atoms. The fourth-order valence-electron chi connectivity index (χ4n) is 1.84. The van der Waals surface area contributed by atoms with Gasteiger partial charge in [0.05, 0.1) is 6.61 Å². The average Bonchev–Trinajstić information content (AvgIpc) is 2.37. The van der Waals surface area contributed by atoms with Gasteiger partial charge in [-0.05, 0) is 37.6 Å². The van der Waals surface area contributed by atoms with E-state index in [1.54, 1.807) is 6.20 Å². The summed E-state index contributed by atoms with van der Waals surface area (Å²) in [6.07, 6.45) is 7.28. The van der Waals surface area contributed by atoms with Crippen molar-refractivity contribution in [3.05, 3.63) is 30.1 Å². The molecule has 0 fully saturated rings. The first kappa shape index (κ1) is 15.3. The molecule has 0 bridgehead atoms. The van der Waals surface area contributed by atoms with Crippen LogP contribution in [0.3, 0.4) is 0 Å². The van der Waals surface area contributed by atoms with Crippen LogP contribution in [0.5, 0.6) is 0 Å².